The normalized spacial score (nSPS) is 11.2. The van der Waals surface area contributed by atoms with Gasteiger partial charge in [-0.3, -0.25) is 4.79 Å². The first kappa shape index (κ1) is 9.70. The summed E-state index contributed by atoms with van der Waals surface area (Å²) in [7, 11) is 1.41. The summed E-state index contributed by atoms with van der Waals surface area (Å²) in [6.45, 7) is -0.00258. The highest BCUT2D eigenvalue weighted by molar-refractivity contribution is 5.87. The lowest BCUT2D eigenvalue weighted by Gasteiger charge is -2.01. The number of carbonyl (C=O) groups excluding carboxylic acids is 1. The molecule has 0 aromatic carbocycles. The Morgan fingerprint density at radius 3 is 2.91 bits per heavy atom. The van der Waals surface area contributed by atoms with Crippen LogP contribution in [0.3, 0.4) is 0 Å². The van der Waals surface area contributed by atoms with Crippen LogP contribution in [0.4, 0.5) is 0 Å². The standard InChI is InChI=1S/C5H11N3O3/c1-11-3-5(9)7-2-4(6)8-10/h10H,2-3H2,1H3,(H2,6,8)(H,7,9). The van der Waals surface area contributed by atoms with Crippen LogP contribution >= 0.6 is 0 Å². The van der Waals surface area contributed by atoms with Crippen molar-refractivity contribution in [3.8, 4) is 0 Å². The molecule has 11 heavy (non-hydrogen) atoms. The summed E-state index contributed by atoms with van der Waals surface area (Å²) in [6, 6.07) is 0. The highest BCUT2D eigenvalue weighted by Crippen LogP contribution is 1.69. The van der Waals surface area contributed by atoms with Gasteiger partial charge in [0.1, 0.15) is 6.61 Å². The lowest BCUT2D eigenvalue weighted by atomic mass is 10.5. The minimum absolute atomic E-state index is 0.0265. The molecule has 0 aromatic rings. The second-order valence-corrected chi connectivity index (χ2v) is 1.80. The van der Waals surface area contributed by atoms with E-state index in [1.165, 1.54) is 7.11 Å². The van der Waals surface area contributed by atoms with Crippen molar-refractivity contribution < 1.29 is 14.7 Å². The average molecular weight is 161 g/mol. The molecular weight excluding hydrogens is 150 g/mol. The molecule has 0 fully saturated rings. The van der Waals surface area contributed by atoms with Crippen molar-refractivity contribution in [2.45, 2.75) is 0 Å². The second kappa shape index (κ2) is 5.48. The Labute approximate surface area is 64.0 Å². The fraction of sp³-hybridized carbons (Fsp3) is 0.600. The van der Waals surface area contributed by atoms with Gasteiger partial charge in [-0.05, 0) is 0 Å². The van der Waals surface area contributed by atoms with E-state index in [4.69, 9.17) is 10.9 Å². The van der Waals surface area contributed by atoms with Crippen molar-refractivity contribution in [1.82, 2.24) is 5.32 Å². The number of rotatable bonds is 4. The number of nitrogens with one attached hydrogen (secondary N) is 1. The molecular formula is C5H11N3O3. The fourth-order valence-electron chi connectivity index (χ4n) is 0.407. The zero-order valence-corrected chi connectivity index (χ0v) is 6.20. The van der Waals surface area contributed by atoms with Gasteiger partial charge in [0.15, 0.2) is 5.84 Å². The van der Waals surface area contributed by atoms with Crippen molar-refractivity contribution in [3.05, 3.63) is 0 Å². The molecule has 0 unspecified atom stereocenters. The maximum absolute atomic E-state index is 10.6. The molecule has 0 aromatic heterocycles. The first-order valence-electron chi connectivity index (χ1n) is 2.92. The topological polar surface area (TPSA) is 96.9 Å². The van der Waals surface area contributed by atoms with Gasteiger partial charge in [-0.1, -0.05) is 5.16 Å². The van der Waals surface area contributed by atoms with Crippen LogP contribution in [0.2, 0.25) is 0 Å². The predicted molar refractivity (Wildman–Crippen MR) is 38.3 cm³/mol. The van der Waals surface area contributed by atoms with Crippen LogP contribution in [-0.4, -0.2) is 37.2 Å². The molecule has 0 bridgehead atoms. The minimum Gasteiger partial charge on any atom is -0.409 e. The zero-order valence-electron chi connectivity index (χ0n) is 6.20. The summed E-state index contributed by atoms with van der Waals surface area (Å²) in [6.07, 6.45) is 0. The van der Waals surface area contributed by atoms with Gasteiger partial charge in [-0.25, -0.2) is 0 Å². The fourth-order valence-corrected chi connectivity index (χ4v) is 0.407. The number of hydrogen-bond acceptors (Lipinski definition) is 4. The van der Waals surface area contributed by atoms with Gasteiger partial charge in [0.05, 0.1) is 6.54 Å². The maximum atomic E-state index is 10.6. The zero-order chi connectivity index (χ0) is 8.69. The molecule has 0 aliphatic heterocycles. The van der Waals surface area contributed by atoms with Gasteiger partial charge in [-0.2, -0.15) is 0 Å². The molecule has 6 nitrogen and oxygen atoms in total. The Hall–Kier alpha value is -1.30. The Morgan fingerprint density at radius 2 is 2.45 bits per heavy atom. The van der Waals surface area contributed by atoms with Gasteiger partial charge in [0, 0.05) is 7.11 Å². The van der Waals surface area contributed by atoms with Crippen molar-refractivity contribution in [2.75, 3.05) is 20.3 Å². The molecule has 1 amide bonds. The van der Waals surface area contributed by atoms with E-state index in [0.717, 1.165) is 0 Å². The Balaban J connectivity index is 3.46. The van der Waals surface area contributed by atoms with Crippen molar-refractivity contribution in [1.29, 1.82) is 0 Å². The first-order chi connectivity index (χ1) is 5.20. The quantitative estimate of drug-likeness (QED) is 0.202. The molecule has 64 valence electrons. The summed E-state index contributed by atoms with van der Waals surface area (Å²) < 4.78 is 4.51. The molecule has 0 aliphatic carbocycles. The Morgan fingerprint density at radius 1 is 1.82 bits per heavy atom. The third-order valence-corrected chi connectivity index (χ3v) is 0.871. The van der Waals surface area contributed by atoms with Crippen LogP contribution in [0.25, 0.3) is 0 Å². The van der Waals surface area contributed by atoms with Gasteiger partial charge in [0.2, 0.25) is 5.91 Å². The number of nitrogens with two attached hydrogens (primary N) is 1. The van der Waals surface area contributed by atoms with Crippen LogP contribution in [0.1, 0.15) is 0 Å². The van der Waals surface area contributed by atoms with Crippen molar-refractivity contribution in [2.24, 2.45) is 10.9 Å². The molecule has 0 spiro atoms. The second-order valence-electron chi connectivity index (χ2n) is 1.80. The molecule has 0 rings (SSSR count). The molecule has 4 N–H and O–H groups in total. The number of amides is 1. The number of hydrogen-bond donors (Lipinski definition) is 3. The Kier molecular flexibility index (Phi) is 4.83. The van der Waals surface area contributed by atoms with Gasteiger partial charge < -0.3 is 21.0 Å². The van der Waals surface area contributed by atoms with Gasteiger partial charge in [-0.15, -0.1) is 0 Å². The van der Waals surface area contributed by atoms with E-state index in [-0.39, 0.29) is 24.9 Å². The van der Waals surface area contributed by atoms with Crippen molar-refractivity contribution in [3.63, 3.8) is 0 Å². The van der Waals surface area contributed by atoms with Crippen molar-refractivity contribution >= 4 is 11.7 Å². The highest BCUT2D eigenvalue weighted by Gasteiger charge is 1.99. The Bertz CT molecular complexity index is 157. The van der Waals surface area contributed by atoms with E-state index in [0.29, 0.717) is 0 Å². The summed E-state index contributed by atoms with van der Waals surface area (Å²) in [4.78, 5) is 10.6. The van der Waals surface area contributed by atoms with Crippen LogP contribution in [0.15, 0.2) is 5.16 Å². The van der Waals surface area contributed by atoms with E-state index < -0.39 is 0 Å². The largest absolute Gasteiger partial charge is 0.409 e. The van der Waals surface area contributed by atoms with E-state index in [9.17, 15) is 4.79 Å². The molecule has 6 heteroatoms. The molecule has 0 atom stereocenters. The van der Waals surface area contributed by atoms with E-state index in [1.807, 2.05) is 0 Å². The summed E-state index contributed by atoms with van der Waals surface area (Å²) in [5.74, 6) is -0.353. The number of nitrogens with zero attached hydrogens (tertiary/aromatic N) is 1. The molecule has 0 saturated carbocycles. The molecule has 0 radical (unpaired) electrons. The SMILES string of the molecule is COCC(=O)NC/C(N)=N/O. The van der Waals surface area contributed by atoms with Gasteiger partial charge in [0.25, 0.3) is 0 Å². The maximum Gasteiger partial charge on any atom is 0.246 e. The lowest BCUT2D eigenvalue weighted by Crippen LogP contribution is -2.35. The lowest BCUT2D eigenvalue weighted by molar-refractivity contribution is -0.124. The van der Waals surface area contributed by atoms with E-state index in [1.54, 1.807) is 0 Å². The minimum atomic E-state index is -0.306. The van der Waals surface area contributed by atoms with E-state index >= 15 is 0 Å². The number of ether oxygens (including phenoxy) is 1. The van der Waals surface area contributed by atoms with Crippen LogP contribution < -0.4 is 11.1 Å². The third kappa shape index (κ3) is 5.16. The van der Waals surface area contributed by atoms with Crippen LogP contribution in [-0.2, 0) is 9.53 Å². The van der Waals surface area contributed by atoms with Gasteiger partial charge >= 0.3 is 0 Å². The first-order valence-corrected chi connectivity index (χ1v) is 2.92. The predicted octanol–water partition coefficient (Wildman–Crippen LogP) is -1.50. The average Bonchev–Trinajstić information content (AvgIpc) is 2.01. The van der Waals surface area contributed by atoms with Crippen LogP contribution in [0, 0.1) is 0 Å². The van der Waals surface area contributed by atoms with E-state index in [2.05, 4.69) is 15.2 Å². The number of amidine groups is 1. The summed E-state index contributed by atoms with van der Waals surface area (Å²) >= 11 is 0. The number of oxime groups is 1. The smallest absolute Gasteiger partial charge is 0.246 e. The van der Waals surface area contributed by atoms with Crippen LogP contribution in [0.5, 0.6) is 0 Å². The molecule has 0 saturated heterocycles. The summed E-state index contributed by atoms with van der Waals surface area (Å²) in [5, 5.41) is 13.1. The third-order valence-electron chi connectivity index (χ3n) is 0.871. The monoisotopic (exact) mass is 161 g/mol. The molecule has 0 aliphatic rings. The highest BCUT2D eigenvalue weighted by atomic mass is 16.5. The summed E-state index contributed by atoms with van der Waals surface area (Å²) in [5.41, 5.74) is 5.06. The number of carbonyl (C=O) groups is 1. The molecule has 0 heterocycles. The number of methoxy groups -OCH3 is 1.